The third-order valence-electron chi connectivity index (χ3n) is 3.73. The summed E-state index contributed by atoms with van der Waals surface area (Å²) in [5.74, 6) is 0. The Balaban J connectivity index is 2.03. The van der Waals surface area contributed by atoms with Crippen LogP contribution in [0.3, 0.4) is 0 Å². The second-order valence-electron chi connectivity index (χ2n) is 5.14. The van der Waals surface area contributed by atoms with Gasteiger partial charge in [-0.15, -0.1) is 0 Å². The third kappa shape index (κ3) is 3.61. The predicted octanol–water partition coefficient (Wildman–Crippen LogP) is 3.34. The van der Waals surface area contributed by atoms with Gasteiger partial charge < -0.3 is 10.6 Å². The van der Waals surface area contributed by atoms with Crippen LogP contribution in [-0.2, 0) is 13.5 Å². The molecular weight excluding hydrogens is 280 g/mol. The van der Waals surface area contributed by atoms with Crippen LogP contribution in [0.15, 0.2) is 30.5 Å². The van der Waals surface area contributed by atoms with Gasteiger partial charge in [-0.05, 0) is 44.1 Å². The summed E-state index contributed by atoms with van der Waals surface area (Å²) in [6.45, 7) is 6.28. The fraction of sp³-hybridized carbons (Fsp3) is 0.375. The molecule has 112 valence electrons. The number of aryl methyl sites for hydroxylation is 2. The quantitative estimate of drug-likeness (QED) is 0.850. The monoisotopic (exact) mass is 302 g/mol. The maximum absolute atomic E-state index is 5.42. The zero-order valence-corrected chi connectivity index (χ0v) is 13.8. The van der Waals surface area contributed by atoms with Crippen molar-refractivity contribution in [1.29, 1.82) is 0 Å². The molecule has 1 unspecified atom stereocenters. The summed E-state index contributed by atoms with van der Waals surface area (Å²) in [4.78, 5) is 0. The zero-order valence-electron chi connectivity index (χ0n) is 13.0. The number of anilines is 1. The summed E-state index contributed by atoms with van der Waals surface area (Å²) in [5, 5.41) is 11.5. The smallest absolute Gasteiger partial charge is 0.171 e. The van der Waals surface area contributed by atoms with Gasteiger partial charge in [0.15, 0.2) is 5.11 Å². The van der Waals surface area contributed by atoms with Crippen LogP contribution in [0.5, 0.6) is 0 Å². The van der Waals surface area contributed by atoms with E-state index < -0.39 is 0 Å². The van der Waals surface area contributed by atoms with Crippen molar-refractivity contribution in [2.45, 2.75) is 33.2 Å². The molecule has 0 spiro atoms. The SMILES string of the molecule is CCc1ccccc1NC(=S)NC(C)c1cnn(C)c1C. The number of benzene rings is 1. The van der Waals surface area contributed by atoms with E-state index in [2.05, 4.69) is 42.6 Å². The largest absolute Gasteiger partial charge is 0.356 e. The highest BCUT2D eigenvalue weighted by Gasteiger charge is 2.13. The number of aromatic nitrogens is 2. The van der Waals surface area contributed by atoms with E-state index in [1.165, 1.54) is 5.56 Å². The molecule has 0 fully saturated rings. The van der Waals surface area contributed by atoms with Crippen LogP contribution in [0.4, 0.5) is 5.69 Å². The van der Waals surface area contributed by atoms with Crippen LogP contribution in [0.25, 0.3) is 0 Å². The molecule has 21 heavy (non-hydrogen) atoms. The molecule has 0 saturated carbocycles. The van der Waals surface area contributed by atoms with E-state index in [0.29, 0.717) is 5.11 Å². The Morgan fingerprint density at radius 3 is 2.71 bits per heavy atom. The van der Waals surface area contributed by atoms with Crippen molar-refractivity contribution in [3.8, 4) is 0 Å². The molecule has 0 bridgehead atoms. The molecule has 2 rings (SSSR count). The highest BCUT2D eigenvalue weighted by molar-refractivity contribution is 7.80. The summed E-state index contributed by atoms with van der Waals surface area (Å²) < 4.78 is 1.87. The lowest BCUT2D eigenvalue weighted by Crippen LogP contribution is -2.31. The van der Waals surface area contributed by atoms with Crippen LogP contribution in [0, 0.1) is 6.92 Å². The topological polar surface area (TPSA) is 41.9 Å². The van der Waals surface area contributed by atoms with Crippen LogP contribution >= 0.6 is 12.2 Å². The Morgan fingerprint density at radius 2 is 2.10 bits per heavy atom. The number of para-hydroxylation sites is 1. The van der Waals surface area contributed by atoms with Gasteiger partial charge in [0.05, 0.1) is 12.2 Å². The van der Waals surface area contributed by atoms with Crippen molar-refractivity contribution in [2.75, 3.05) is 5.32 Å². The van der Waals surface area contributed by atoms with Crippen molar-refractivity contribution < 1.29 is 0 Å². The highest BCUT2D eigenvalue weighted by atomic mass is 32.1. The first-order valence-electron chi connectivity index (χ1n) is 7.16. The maximum Gasteiger partial charge on any atom is 0.171 e. The molecule has 0 amide bonds. The molecular formula is C16H22N4S. The molecule has 1 aromatic heterocycles. The Hall–Kier alpha value is -1.88. The number of thiocarbonyl (C=S) groups is 1. The van der Waals surface area contributed by atoms with E-state index in [1.807, 2.05) is 36.1 Å². The van der Waals surface area contributed by atoms with Gasteiger partial charge in [0.25, 0.3) is 0 Å². The molecule has 0 radical (unpaired) electrons. The molecule has 4 nitrogen and oxygen atoms in total. The number of hydrogen-bond acceptors (Lipinski definition) is 2. The molecule has 1 heterocycles. The van der Waals surface area contributed by atoms with Crippen molar-refractivity contribution in [2.24, 2.45) is 7.05 Å². The van der Waals surface area contributed by atoms with Crippen molar-refractivity contribution in [3.05, 3.63) is 47.3 Å². The van der Waals surface area contributed by atoms with Gasteiger partial charge in [0.2, 0.25) is 0 Å². The Kier molecular flexibility index (Phi) is 4.96. The minimum absolute atomic E-state index is 0.118. The van der Waals surface area contributed by atoms with E-state index in [-0.39, 0.29) is 6.04 Å². The van der Waals surface area contributed by atoms with Crippen molar-refractivity contribution in [3.63, 3.8) is 0 Å². The second kappa shape index (κ2) is 6.72. The standard InChI is InChI=1S/C16H22N4S/c1-5-13-8-6-7-9-15(13)19-16(21)18-11(2)14-10-17-20(4)12(14)3/h6-11H,5H2,1-4H3,(H2,18,19,21). The summed E-state index contributed by atoms with van der Waals surface area (Å²) in [7, 11) is 1.94. The molecule has 2 aromatic rings. The summed E-state index contributed by atoms with van der Waals surface area (Å²) in [6.07, 6.45) is 2.86. The van der Waals surface area contributed by atoms with E-state index in [9.17, 15) is 0 Å². The lowest BCUT2D eigenvalue weighted by Gasteiger charge is -2.18. The molecule has 1 atom stereocenters. The van der Waals surface area contributed by atoms with Crippen LogP contribution in [0.1, 0.15) is 36.7 Å². The fourth-order valence-corrected chi connectivity index (χ4v) is 2.61. The molecule has 0 saturated heterocycles. The number of hydrogen-bond donors (Lipinski definition) is 2. The van der Waals surface area contributed by atoms with Gasteiger partial charge in [0.1, 0.15) is 0 Å². The van der Waals surface area contributed by atoms with E-state index in [4.69, 9.17) is 12.2 Å². The third-order valence-corrected chi connectivity index (χ3v) is 3.95. The van der Waals surface area contributed by atoms with Gasteiger partial charge in [-0.2, -0.15) is 5.10 Å². The number of nitrogens with one attached hydrogen (secondary N) is 2. The fourth-order valence-electron chi connectivity index (χ4n) is 2.32. The second-order valence-corrected chi connectivity index (χ2v) is 5.55. The average Bonchev–Trinajstić information content (AvgIpc) is 2.79. The van der Waals surface area contributed by atoms with Crippen molar-refractivity contribution >= 4 is 23.0 Å². The molecule has 2 N–H and O–H groups in total. The van der Waals surface area contributed by atoms with E-state index in [1.54, 1.807) is 0 Å². The van der Waals surface area contributed by atoms with Crippen LogP contribution < -0.4 is 10.6 Å². The molecule has 0 aliphatic rings. The molecule has 1 aromatic carbocycles. The first-order chi connectivity index (χ1) is 10.0. The summed E-state index contributed by atoms with van der Waals surface area (Å²) in [6, 6.07) is 8.33. The average molecular weight is 302 g/mol. The first kappa shape index (κ1) is 15.5. The summed E-state index contributed by atoms with van der Waals surface area (Å²) >= 11 is 5.42. The lowest BCUT2D eigenvalue weighted by molar-refractivity contribution is 0.701. The Bertz CT molecular complexity index is 633. The van der Waals surface area contributed by atoms with E-state index >= 15 is 0 Å². The maximum atomic E-state index is 5.42. The normalized spacial score (nSPS) is 12.0. The Labute approximate surface area is 131 Å². The molecule has 0 aliphatic carbocycles. The van der Waals surface area contributed by atoms with Gasteiger partial charge in [-0.3, -0.25) is 4.68 Å². The molecule has 5 heteroatoms. The lowest BCUT2D eigenvalue weighted by atomic mass is 10.1. The Morgan fingerprint density at radius 1 is 1.38 bits per heavy atom. The van der Waals surface area contributed by atoms with Gasteiger partial charge in [-0.25, -0.2) is 0 Å². The summed E-state index contributed by atoms with van der Waals surface area (Å²) in [5.41, 5.74) is 4.62. The van der Waals surface area contributed by atoms with Crippen LogP contribution in [0.2, 0.25) is 0 Å². The first-order valence-corrected chi connectivity index (χ1v) is 7.57. The highest BCUT2D eigenvalue weighted by Crippen LogP contribution is 2.18. The minimum atomic E-state index is 0.118. The number of rotatable bonds is 4. The van der Waals surface area contributed by atoms with Crippen LogP contribution in [-0.4, -0.2) is 14.9 Å². The van der Waals surface area contributed by atoms with Gasteiger partial charge in [0, 0.05) is 24.0 Å². The molecule has 0 aliphatic heterocycles. The van der Waals surface area contributed by atoms with Crippen molar-refractivity contribution in [1.82, 2.24) is 15.1 Å². The predicted molar refractivity (Wildman–Crippen MR) is 91.5 cm³/mol. The van der Waals surface area contributed by atoms with Gasteiger partial charge >= 0.3 is 0 Å². The zero-order chi connectivity index (χ0) is 15.4. The van der Waals surface area contributed by atoms with Gasteiger partial charge in [-0.1, -0.05) is 25.1 Å². The minimum Gasteiger partial charge on any atom is -0.356 e. The van der Waals surface area contributed by atoms with E-state index in [0.717, 1.165) is 23.4 Å². The number of nitrogens with zero attached hydrogens (tertiary/aromatic N) is 2.